The molecule has 2 atom stereocenters. The average Bonchev–Trinajstić information content (AvgIpc) is 2.88. The summed E-state index contributed by atoms with van der Waals surface area (Å²) in [5.74, 6) is -0.999. The number of amides is 2. The van der Waals surface area contributed by atoms with Crippen molar-refractivity contribution in [3.05, 3.63) is 107 Å². The van der Waals surface area contributed by atoms with Crippen LogP contribution in [-0.2, 0) is 28.3 Å². The van der Waals surface area contributed by atoms with Crippen molar-refractivity contribution in [2.75, 3.05) is 5.75 Å². The predicted molar refractivity (Wildman–Crippen MR) is 141 cm³/mol. The van der Waals surface area contributed by atoms with Gasteiger partial charge in [-0.25, -0.2) is 8.78 Å². The van der Waals surface area contributed by atoms with Gasteiger partial charge < -0.3 is 10.2 Å². The van der Waals surface area contributed by atoms with Gasteiger partial charge in [0.05, 0.1) is 5.75 Å². The van der Waals surface area contributed by atoms with Gasteiger partial charge in [-0.15, -0.1) is 11.8 Å². The molecule has 4 nitrogen and oxygen atoms in total. The smallest absolute Gasteiger partial charge is 0.243 e. The Morgan fingerprint density at radius 1 is 0.889 bits per heavy atom. The minimum absolute atomic E-state index is 0.0324. The number of benzene rings is 3. The van der Waals surface area contributed by atoms with Crippen LogP contribution < -0.4 is 5.32 Å². The first-order valence-corrected chi connectivity index (χ1v) is 13.2. The molecule has 1 N–H and O–H groups in total. The second-order valence-corrected chi connectivity index (χ2v) is 9.71. The fourth-order valence-electron chi connectivity index (χ4n) is 3.75. The van der Waals surface area contributed by atoms with Crippen molar-refractivity contribution in [3.63, 3.8) is 0 Å². The first-order chi connectivity index (χ1) is 17.4. The summed E-state index contributed by atoms with van der Waals surface area (Å²) in [7, 11) is 0. The Bertz CT molecular complexity index is 1140. The number of carbonyl (C=O) groups is 2. The number of nitrogens with zero attached hydrogens (tertiary/aromatic N) is 1. The van der Waals surface area contributed by atoms with Crippen LogP contribution in [0.15, 0.2) is 78.9 Å². The molecule has 0 unspecified atom stereocenters. The van der Waals surface area contributed by atoms with E-state index in [1.807, 2.05) is 44.2 Å². The van der Waals surface area contributed by atoms with Crippen molar-refractivity contribution < 1.29 is 18.4 Å². The van der Waals surface area contributed by atoms with Crippen LogP contribution in [0.2, 0.25) is 0 Å². The number of hydrogen-bond donors (Lipinski definition) is 1. The maximum atomic E-state index is 14.6. The minimum atomic E-state index is -0.831. The molecule has 3 aromatic carbocycles. The Kier molecular flexibility index (Phi) is 10.5. The molecule has 0 saturated carbocycles. The number of thioether (sulfide) groups is 1. The molecule has 2 amide bonds. The Morgan fingerprint density at radius 2 is 1.47 bits per heavy atom. The van der Waals surface area contributed by atoms with Crippen LogP contribution in [0, 0.1) is 11.6 Å². The lowest BCUT2D eigenvalue weighted by molar-refractivity contribution is -0.139. The largest absolute Gasteiger partial charge is 0.352 e. The van der Waals surface area contributed by atoms with Crippen LogP contribution in [0.3, 0.4) is 0 Å². The van der Waals surface area contributed by atoms with Gasteiger partial charge >= 0.3 is 0 Å². The van der Waals surface area contributed by atoms with Crippen LogP contribution in [0.5, 0.6) is 0 Å². The van der Waals surface area contributed by atoms with Gasteiger partial charge in [0, 0.05) is 30.3 Å². The van der Waals surface area contributed by atoms with Crippen molar-refractivity contribution in [3.8, 4) is 0 Å². The normalized spacial score (nSPS) is 12.6. The number of rotatable bonds is 12. The third kappa shape index (κ3) is 7.92. The van der Waals surface area contributed by atoms with Crippen LogP contribution in [0.1, 0.15) is 37.0 Å². The second-order valence-electron chi connectivity index (χ2n) is 8.72. The molecule has 36 heavy (non-hydrogen) atoms. The summed E-state index contributed by atoms with van der Waals surface area (Å²) < 4.78 is 28.6. The van der Waals surface area contributed by atoms with Crippen LogP contribution in [0.25, 0.3) is 0 Å². The third-order valence-electron chi connectivity index (χ3n) is 6.01. The van der Waals surface area contributed by atoms with Crippen molar-refractivity contribution in [1.29, 1.82) is 0 Å². The van der Waals surface area contributed by atoms with Crippen LogP contribution in [0.4, 0.5) is 8.78 Å². The van der Waals surface area contributed by atoms with Gasteiger partial charge in [0.15, 0.2) is 0 Å². The van der Waals surface area contributed by atoms with Gasteiger partial charge in [-0.3, -0.25) is 9.59 Å². The molecule has 0 spiro atoms. The van der Waals surface area contributed by atoms with E-state index in [1.54, 1.807) is 36.4 Å². The molecule has 190 valence electrons. The lowest BCUT2D eigenvalue weighted by atomic mass is 10.0. The summed E-state index contributed by atoms with van der Waals surface area (Å²) in [6.07, 6.45) is 1.03. The van der Waals surface area contributed by atoms with E-state index in [1.165, 1.54) is 28.8 Å². The first kappa shape index (κ1) is 27.4. The summed E-state index contributed by atoms with van der Waals surface area (Å²) in [4.78, 5) is 28.4. The Balaban J connectivity index is 1.87. The van der Waals surface area contributed by atoms with E-state index in [2.05, 4.69) is 5.32 Å². The molecule has 3 aromatic rings. The van der Waals surface area contributed by atoms with Crippen molar-refractivity contribution in [2.45, 2.75) is 51.1 Å². The Hall–Kier alpha value is -3.19. The number of halogens is 2. The van der Waals surface area contributed by atoms with Gasteiger partial charge in [-0.1, -0.05) is 73.7 Å². The molecule has 0 fully saturated rings. The zero-order valence-corrected chi connectivity index (χ0v) is 21.4. The number of hydrogen-bond acceptors (Lipinski definition) is 3. The molecular weight excluding hydrogens is 478 g/mol. The number of carbonyl (C=O) groups excluding carboxylic acids is 2. The zero-order valence-electron chi connectivity index (χ0n) is 20.6. The molecule has 0 heterocycles. The first-order valence-electron chi connectivity index (χ1n) is 12.1. The molecule has 0 aliphatic rings. The average molecular weight is 511 g/mol. The highest BCUT2D eigenvalue weighted by molar-refractivity contribution is 7.99. The summed E-state index contributed by atoms with van der Waals surface area (Å²) in [5.41, 5.74) is 1.73. The highest BCUT2D eigenvalue weighted by Crippen LogP contribution is 2.20. The van der Waals surface area contributed by atoms with Gasteiger partial charge in [-0.2, -0.15) is 0 Å². The summed E-state index contributed by atoms with van der Waals surface area (Å²) >= 11 is 1.27. The van der Waals surface area contributed by atoms with E-state index in [0.29, 0.717) is 23.3 Å². The predicted octanol–water partition coefficient (Wildman–Crippen LogP) is 5.75. The van der Waals surface area contributed by atoms with Gasteiger partial charge in [0.2, 0.25) is 11.8 Å². The zero-order chi connectivity index (χ0) is 25.9. The summed E-state index contributed by atoms with van der Waals surface area (Å²) in [5, 5.41) is 2.99. The molecule has 0 saturated heterocycles. The summed E-state index contributed by atoms with van der Waals surface area (Å²) in [6, 6.07) is 21.3. The molecule has 0 bridgehead atoms. The van der Waals surface area contributed by atoms with Crippen molar-refractivity contribution >= 4 is 23.6 Å². The highest BCUT2D eigenvalue weighted by atomic mass is 32.2. The van der Waals surface area contributed by atoms with Crippen molar-refractivity contribution in [1.82, 2.24) is 10.2 Å². The quantitative estimate of drug-likeness (QED) is 0.337. The summed E-state index contributed by atoms with van der Waals surface area (Å²) in [6.45, 7) is 3.83. The molecular formula is C29H32F2N2O2S. The van der Waals surface area contributed by atoms with Crippen LogP contribution >= 0.6 is 11.8 Å². The van der Waals surface area contributed by atoms with E-state index in [0.717, 1.165) is 12.0 Å². The standard InChI is InChI=1S/C29H32F2N2O2S/c1-3-21(2)32-29(35)27(17-22-11-5-4-6-12-22)33(18-23-13-7-9-15-25(23)30)28(34)20-36-19-24-14-8-10-16-26(24)31/h4-16,21,27H,3,17-20H2,1-2H3,(H,32,35)/t21-,27-/m0/s1. The lowest BCUT2D eigenvalue weighted by Gasteiger charge is -2.32. The van der Waals surface area contributed by atoms with E-state index in [4.69, 9.17) is 0 Å². The maximum absolute atomic E-state index is 14.6. The third-order valence-corrected chi connectivity index (χ3v) is 6.98. The molecule has 0 aliphatic carbocycles. The minimum Gasteiger partial charge on any atom is -0.352 e. The van der Waals surface area contributed by atoms with Gasteiger partial charge in [0.25, 0.3) is 0 Å². The van der Waals surface area contributed by atoms with E-state index < -0.39 is 11.9 Å². The second kappa shape index (κ2) is 13.8. The molecule has 3 rings (SSSR count). The van der Waals surface area contributed by atoms with E-state index in [9.17, 15) is 18.4 Å². The highest BCUT2D eigenvalue weighted by Gasteiger charge is 2.31. The van der Waals surface area contributed by atoms with Crippen LogP contribution in [-0.4, -0.2) is 34.6 Å². The topological polar surface area (TPSA) is 49.4 Å². The van der Waals surface area contributed by atoms with Gasteiger partial charge in [0.1, 0.15) is 17.7 Å². The molecule has 0 aliphatic heterocycles. The van der Waals surface area contributed by atoms with E-state index in [-0.39, 0.29) is 36.0 Å². The fraction of sp³-hybridized carbons (Fsp3) is 0.310. The fourth-order valence-corrected chi connectivity index (χ4v) is 4.65. The number of nitrogens with one attached hydrogen (secondary N) is 1. The maximum Gasteiger partial charge on any atom is 0.243 e. The Morgan fingerprint density at radius 3 is 2.08 bits per heavy atom. The SMILES string of the molecule is CC[C@H](C)NC(=O)[C@H](Cc1ccccc1)N(Cc1ccccc1F)C(=O)CSCc1ccccc1F. The Labute approximate surface area is 216 Å². The van der Waals surface area contributed by atoms with Crippen molar-refractivity contribution in [2.24, 2.45) is 0 Å². The molecule has 7 heteroatoms. The van der Waals surface area contributed by atoms with Gasteiger partial charge in [-0.05, 0) is 36.6 Å². The monoisotopic (exact) mass is 510 g/mol. The molecule has 0 radical (unpaired) electrons. The lowest BCUT2D eigenvalue weighted by Crippen LogP contribution is -2.52. The van der Waals surface area contributed by atoms with E-state index >= 15 is 0 Å². The molecule has 0 aromatic heterocycles.